The number of rotatable bonds is 5. The highest BCUT2D eigenvalue weighted by Crippen LogP contribution is 2.22. The molecule has 0 aliphatic carbocycles. The predicted octanol–water partition coefficient (Wildman–Crippen LogP) is 2.67. The number of carbonyl (C=O) groups excluding carboxylic acids is 1. The van der Waals surface area contributed by atoms with Gasteiger partial charge in [0, 0.05) is 17.2 Å². The van der Waals surface area contributed by atoms with Gasteiger partial charge in [0.1, 0.15) is 12.4 Å². The zero-order valence-electron chi connectivity index (χ0n) is 11.5. The van der Waals surface area contributed by atoms with Crippen molar-refractivity contribution in [1.29, 1.82) is 0 Å². The number of ether oxygens (including phenoxy) is 2. The third kappa shape index (κ3) is 4.03. The standard InChI is InChI=1S/C15H15BrN2O3/c1-20-15(19)10-2-3-12(18-8-10)9-21-13-4-5-14(16)11(6-13)7-17/h2-6,8H,7,9,17H2,1H3. The van der Waals surface area contributed by atoms with E-state index >= 15 is 0 Å². The summed E-state index contributed by atoms with van der Waals surface area (Å²) in [6.07, 6.45) is 1.47. The first-order valence-electron chi connectivity index (χ1n) is 6.28. The molecule has 110 valence electrons. The Hall–Kier alpha value is -1.92. The molecule has 1 aromatic heterocycles. The van der Waals surface area contributed by atoms with E-state index in [0.717, 1.165) is 21.5 Å². The maximum atomic E-state index is 11.3. The minimum absolute atomic E-state index is 0.313. The summed E-state index contributed by atoms with van der Waals surface area (Å²) in [5.41, 5.74) is 7.75. The van der Waals surface area contributed by atoms with Crippen LogP contribution < -0.4 is 10.5 Å². The fraction of sp³-hybridized carbons (Fsp3) is 0.200. The van der Waals surface area contributed by atoms with Gasteiger partial charge in [0.25, 0.3) is 0 Å². The van der Waals surface area contributed by atoms with Gasteiger partial charge in [-0.3, -0.25) is 4.98 Å². The van der Waals surface area contributed by atoms with Crippen molar-refractivity contribution in [3.63, 3.8) is 0 Å². The van der Waals surface area contributed by atoms with E-state index in [9.17, 15) is 4.79 Å². The predicted molar refractivity (Wildman–Crippen MR) is 81.9 cm³/mol. The lowest BCUT2D eigenvalue weighted by Crippen LogP contribution is -2.04. The largest absolute Gasteiger partial charge is 0.487 e. The molecule has 0 atom stereocenters. The van der Waals surface area contributed by atoms with Gasteiger partial charge < -0.3 is 15.2 Å². The van der Waals surface area contributed by atoms with Gasteiger partial charge in [-0.05, 0) is 35.9 Å². The number of nitrogens with zero attached hydrogens (tertiary/aromatic N) is 1. The number of esters is 1. The molecule has 0 unspecified atom stereocenters. The third-order valence-electron chi connectivity index (χ3n) is 2.87. The maximum absolute atomic E-state index is 11.3. The van der Waals surface area contributed by atoms with Crippen molar-refractivity contribution < 1.29 is 14.3 Å². The smallest absolute Gasteiger partial charge is 0.339 e. The van der Waals surface area contributed by atoms with Crippen LogP contribution in [0.1, 0.15) is 21.6 Å². The van der Waals surface area contributed by atoms with E-state index < -0.39 is 5.97 Å². The molecular weight excluding hydrogens is 336 g/mol. The normalized spacial score (nSPS) is 10.2. The van der Waals surface area contributed by atoms with E-state index in [2.05, 4.69) is 25.7 Å². The maximum Gasteiger partial charge on any atom is 0.339 e. The van der Waals surface area contributed by atoms with Crippen molar-refractivity contribution in [2.75, 3.05) is 7.11 Å². The second kappa shape index (κ2) is 7.19. The van der Waals surface area contributed by atoms with Crippen molar-refractivity contribution >= 4 is 21.9 Å². The summed E-state index contributed by atoms with van der Waals surface area (Å²) >= 11 is 3.42. The van der Waals surface area contributed by atoms with Gasteiger partial charge in [0.2, 0.25) is 0 Å². The Labute approximate surface area is 131 Å². The molecule has 0 saturated heterocycles. The monoisotopic (exact) mass is 350 g/mol. The Balaban J connectivity index is 2.01. The molecule has 1 aromatic carbocycles. The number of benzene rings is 1. The van der Waals surface area contributed by atoms with Crippen LogP contribution >= 0.6 is 15.9 Å². The van der Waals surface area contributed by atoms with Gasteiger partial charge in [0.15, 0.2) is 0 Å². The van der Waals surface area contributed by atoms with Crippen LogP contribution in [0.4, 0.5) is 0 Å². The summed E-state index contributed by atoms with van der Waals surface area (Å²) in [7, 11) is 1.34. The molecule has 2 N–H and O–H groups in total. The molecule has 2 rings (SSSR count). The Kier molecular flexibility index (Phi) is 5.30. The lowest BCUT2D eigenvalue weighted by Gasteiger charge is -2.08. The Morgan fingerprint density at radius 1 is 1.33 bits per heavy atom. The van der Waals surface area contributed by atoms with Gasteiger partial charge in [-0.25, -0.2) is 4.79 Å². The molecule has 6 heteroatoms. The van der Waals surface area contributed by atoms with Crippen LogP contribution in [0.15, 0.2) is 41.0 Å². The number of hydrogen-bond donors (Lipinski definition) is 1. The molecule has 0 amide bonds. The quantitative estimate of drug-likeness (QED) is 0.839. The topological polar surface area (TPSA) is 74.4 Å². The number of aromatic nitrogens is 1. The van der Waals surface area contributed by atoms with E-state index in [4.69, 9.17) is 10.5 Å². The van der Waals surface area contributed by atoms with E-state index in [1.54, 1.807) is 12.1 Å². The van der Waals surface area contributed by atoms with Crippen molar-refractivity contribution in [1.82, 2.24) is 4.98 Å². The first kappa shape index (κ1) is 15.5. The minimum Gasteiger partial charge on any atom is -0.487 e. The summed E-state index contributed by atoms with van der Waals surface area (Å²) in [6, 6.07) is 9.02. The van der Waals surface area contributed by atoms with Crippen LogP contribution in [0, 0.1) is 0 Å². The number of pyridine rings is 1. The summed E-state index contributed by atoms with van der Waals surface area (Å²) < 4.78 is 11.2. The van der Waals surface area contributed by atoms with Crippen molar-refractivity contribution in [3.05, 3.63) is 57.8 Å². The van der Waals surface area contributed by atoms with Crippen LogP contribution in [-0.2, 0) is 17.9 Å². The Morgan fingerprint density at radius 2 is 2.14 bits per heavy atom. The highest BCUT2D eigenvalue weighted by molar-refractivity contribution is 9.10. The fourth-order valence-electron chi connectivity index (χ4n) is 1.70. The Morgan fingerprint density at radius 3 is 2.76 bits per heavy atom. The number of methoxy groups -OCH3 is 1. The van der Waals surface area contributed by atoms with Crippen LogP contribution in [0.25, 0.3) is 0 Å². The second-order valence-electron chi connectivity index (χ2n) is 4.28. The molecule has 21 heavy (non-hydrogen) atoms. The molecule has 0 bridgehead atoms. The average Bonchev–Trinajstić information content (AvgIpc) is 2.53. The number of nitrogens with two attached hydrogens (primary N) is 1. The first-order chi connectivity index (χ1) is 10.1. The zero-order chi connectivity index (χ0) is 15.2. The van der Waals surface area contributed by atoms with E-state index in [-0.39, 0.29) is 0 Å². The van der Waals surface area contributed by atoms with Gasteiger partial charge in [-0.15, -0.1) is 0 Å². The van der Waals surface area contributed by atoms with E-state index in [1.807, 2.05) is 18.2 Å². The van der Waals surface area contributed by atoms with E-state index in [1.165, 1.54) is 13.3 Å². The molecule has 0 aliphatic heterocycles. The lowest BCUT2D eigenvalue weighted by molar-refractivity contribution is 0.0600. The van der Waals surface area contributed by atoms with Crippen molar-refractivity contribution in [2.45, 2.75) is 13.2 Å². The van der Waals surface area contributed by atoms with Crippen LogP contribution in [0.2, 0.25) is 0 Å². The highest BCUT2D eigenvalue weighted by Gasteiger charge is 2.06. The van der Waals surface area contributed by atoms with Gasteiger partial charge in [-0.1, -0.05) is 15.9 Å². The number of carbonyl (C=O) groups is 1. The minimum atomic E-state index is -0.407. The van der Waals surface area contributed by atoms with Crippen LogP contribution in [0.5, 0.6) is 5.75 Å². The van der Waals surface area contributed by atoms with Gasteiger partial charge in [0.05, 0.1) is 18.4 Å². The number of halogens is 1. The average molecular weight is 351 g/mol. The molecule has 0 fully saturated rings. The first-order valence-corrected chi connectivity index (χ1v) is 7.08. The van der Waals surface area contributed by atoms with Gasteiger partial charge >= 0.3 is 5.97 Å². The molecule has 1 heterocycles. The molecular formula is C15H15BrN2O3. The Bertz CT molecular complexity index is 629. The molecule has 0 spiro atoms. The van der Waals surface area contributed by atoms with Gasteiger partial charge in [-0.2, -0.15) is 0 Å². The summed E-state index contributed by atoms with van der Waals surface area (Å²) in [4.78, 5) is 15.5. The highest BCUT2D eigenvalue weighted by atomic mass is 79.9. The summed E-state index contributed by atoms with van der Waals surface area (Å²) in [6.45, 7) is 0.747. The van der Waals surface area contributed by atoms with Crippen LogP contribution in [-0.4, -0.2) is 18.1 Å². The molecule has 2 aromatic rings. The number of hydrogen-bond acceptors (Lipinski definition) is 5. The van der Waals surface area contributed by atoms with E-state index in [0.29, 0.717) is 18.7 Å². The van der Waals surface area contributed by atoms with Crippen LogP contribution in [0.3, 0.4) is 0 Å². The third-order valence-corrected chi connectivity index (χ3v) is 3.64. The SMILES string of the molecule is COC(=O)c1ccc(COc2ccc(Br)c(CN)c2)nc1. The zero-order valence-corrected chi connectivity index (χ0v) is 13.1. The molecule has 5 nitrogen and oxygen atoms in total. The summed E-state index contributed by atoms with van der Waals surface area (Å²) in [5.74, 6) is 0.313. The summed E-state index contributed by atoms with van der Waals surface area (Å²) in [5, 5.41) is 0. The van der Waals surface area contributed by atoms with Crippen molar-refractivity contribution in [3.8, 4) is 5.75 Å². The second-order valence-corrected chi connectivity index (χ2v) is 5.13. The molecule has 0 saturated carbocycles. The van der Waals surface area contributed by atoms with Crippen molar-refractivity contribution in [2.24, 2.45) is 5.73 Å². The molecule has 0 radical (unpaired) electrons. The fourth-order valence-corrected chi connectivity index (χ4v) is 2.11. The molecule has 0 aliphatic rings. The lowest BCUT2D eigenvalue weighted by atomic mass is 10.2.